The van der Waals surface area contributed by atoms with Crippen LogP contribution in [0.2, 0.25) is 0 Å². The molecule has 0 aliphatic heterocycles. The van der Waals surface area contributed by atoms with Crippen molar-refractivity contribution in [3.63, 3.8) is 0 Å². The lowest BCUT2D eigenvalue weighted by molar-refractivity contribution is -0.116. The molecule has 0 spiro atoms. The lowest BCUT2D eigenvalue weighted by Crippen LogP contribution is -2.15. The summed E-state index contributed by atoms with van der Waals surface area (Å²) in [5.74, 6) is 0.791. The monoisotopic (exact) mass is 320 g/mol. The van der Waals surface area contributed by atoms with Gasteiger partial charge in [0.15, 0.2) is 0 Å². The Labute approximate surface area is 133 Å². The van der Waals surface area contributed by atoms with Crippen LogP contribution >= 0.6 is 11.3 Å². The van der Waals surface area contributed by atoms with E-state index in [9.17, 15) is 4.79 Å². The Hall–Kier alpha value is -1.99. The van der Waals surface area contributed by atoms with Gasteiger partial charge in [0.1, 0.15) is 10.8 Å². The quantitative estimate of drug-likeness (QED) is 0.728. The minimum Gasteiger partial charge on any atom is -0.497 e. The van der Waals surface area contributed by atoms with Gasteiger partial charge in [-0.25, -0.2) is 0 Å². The van der Waals surface area contributed by atoms with Gasteiger partial charge < -0.3 is 15.4 Å². The average Bonchev–Trinajstić information content (AvgIpc) is 2.94. The molecule has 1 aromatic carbocycles. The Bertz CT molecular complexity index is 615. The second-order valence-corrected chi connectivity index (χ2v) is 5.85. The van der Waals surface area contributed by atoms with E-state index in [1.54, 1.807) is 7.11 Å². The van der Waals surface area contributed by atoms with Crippen molar-refractivity contribution in [2.45, 2.75) is 19.3 Å². The van der Waals surface area contributed by atoms with Crippen molar-refractivity contribution in [1.82, 2.24) is 15.5 Å². The number of carbonyl (C=O) groups is 1. The number of nitrogens with one attached hydrogen (secondary N) is 2. The maximum absolute atomic E-state index is 11.7. The molecule has 7 heteroatoms. The highest BCUT2D eigenvalue weighted by Crippen LogP contribution is 2.21. The van der Waals surface area contributed by atoms with Gasteiger partial charge in [-0.15, -0.1) is 10.2 Å². The van der Waals surface area contributed by atoms with Gasteiger partial charge in [0, 0.05) is 12.8 Å². The van der Waals surface area contributed by atoms with Gasteiger partial charge in [-0.1, -0.05) is 23.5 Å². The molecule has 2 N–H and O–H groups in total. The second-order valence-electron chi connectivity index (χ2n) is 4.78. The summed E-state index contributed by atoms with van der Waals surface area (Å²) in [6.07, 6.45) is 1.95. The van der Waals surface area contributed by atoms with Crippen molar-refractivity contribution in [2.75, 3.05) is 26.0 Å². The van der Waals surface area contributed by atoms with Gasteiger partial charge in [-0.2, -0.15) is 0 Å². The van der Waals surface area contributed by atoms with Gasteiger partial charge in [0.05, 0.1) is 7.11 Å². The number of rotatable bonds is 8. The number of hydrogen-bond donors (Lipinski definition) is 2. The molecule has 22 heavy (non-hydrogen) atoms. The van der Waals surface area contributed by atoms with Gasteiger partial charge >= 0.3 is 0 Å². The van der Waals surface area contributed by atoms with Crippen LogP contribution < -0.4 is 15.4 Å². The molecule has 0 radical (unpaired) electrons. The van der Waals surface area contributed by atoms with E-state index in [2.05, 4.69) is 20.8 Å². The van der Waals surface area contributed by atoms with Crippen LogP contribution in [0.4, 0.5) is 5.13 Å². The molecule has 0 saturated carbocycles. The van der Waals surface area contributed by atoms with Crippen LogP contribution in [0.25, 0.3) is 0 Å². The molecule has 6 nitrogen and oxygen atoms in total. The van der Waals surface area contributed by atoms with E-state index < -0.39 is 0 Å². The minimum absolute atomic E-state index is 0.0284. The first kappa shape index (κ1) is 16.4. The molecular weight excluding hydrogens is 300 g/mol. The Morgan fingerprint density at radius 1 is 1.36 bits per heavy atom. The average molecular weight is 320 g/mol. The topological polar surface area (TPSA) is 76.1 Å². The maximum Gasteiger partial charge on any atom is 0.226 e. The summed E-state index contributed by atoms with van der Waals surface area (Å²) in [6, 6.07) is 7.83. The Kier molecular flexibility index (Phi) is 6.29. The number of benzene rings is 1. The normalized spacial score (nSPS) is 10.5. The van der Waals surface area contributed by atoms with E-state index in [1.807, 2.05) is 31.3 Å². The van der Waals surface area contributed by atoms with Crippen molar-refractivity contribution in [1.29, 1.82) is 0 Å². The van der Waals surface area contributed by atoms with Crippen LogP contribution in [0.1, 0.15) is 23.4 Å². The first-order valence-electron chi connectivity index (χ1n) is 7.11. The third-order valence-electron chi connectivity index (χ3n) is 3.03. The van der Waals surface area contributed by atoms with Gasteiger partial charge in [-0.05, 0) is 37.7 Å². The Balaban J connectivity index is 1.89. The molecule has 2 aromatic rings. The van der Waals surface area contributed by atoms with E-state index in [-0.39, 0.29) is 5.91 Å². The molecule has 118 valence electrons. The van der Waals surface area contributed by atoms with Crippen LogP contribution in [0, 0.1) is 0 Å². The van der Waals surface area contributed by atoms with Crippen molar-refractivity contribution in [2.24, 2.45) is 0 Å². The van der Waals surface area contributed by atoms with Gasteiger partial charge in [0.25, 0.3) is 0 Å². The summed E-state index contributed by atoms with van der Waals surface area (Å²) < 4.78 is 5.20. The maximum atomic E-state index is 11.7. The molecule has 2 rings (SSSR count). The zero-order chi connectivity index (χ0) is 15.8. The largest absolute Gasteiger partial charge is 0.497 e. The molecule has 0 bridgehead atoms. The van der Waals surface area contributed by atoms with Crippen LogP contribution in [0.3, 0.4) is 0 Å². The first-order valence-corrected chi connectivity index (χ1v) is 7.92. The highest BCUT2D eigenvalue weighted by molar-refractivity contribution is 7.15. The Morgan fingerprint density at radius 3 is 3.00 bits per heavy atom. The number of carbonyl (C=O) groups excluding carboxylic acids is 1. The number of anilines is 1. The molecular formula is C15H20N4O2S. The van der Waals surface area contributed by atoms with Crippen molar-refractivity contribution in [3.8, 4) is 5.75 Å². The van der Waals surface area contributed by atoms with E-state index in [4.69, 9.17) is 4.74 Å². The lowest BCUT2D eigenvalue weighted by atomic mass is 10.1. The highest BCUT2D eigenvalue weighted by atomic mass is 32.1. The van der Waals surface area contributed by atoms with Gasteiger partial charge in [0.2, 0.25) is 11.0 Å². The third kappa shape index (κ3) is 5.09. The highest BCUT2D eigenvalue weighted by Gasteiger charge is 2.09. The predicted molar refractivity (Wildman–Crippen MR) is 87.5 cm³/mol. The van der Waals surface area contributed by atoms with Crippen LogP contribution in [0.15, 0.2) is 24.3 Å². The summed E-state index contributed by atoms with van der Waals surface area (Å²) in [7, 11) is 3.51. The number of nitrogens with zero attached hydrogens (tertiary/aromatic N) is 2. The molecule has 1 aromatic heterocycles. The number of ether oxygens (including phenoxy) is 1. The summed E-state index contributed by atoms with van der Waals surface area (Å²) >= 11 is 1.40. The number of hydrogen-bond acceptors (Lipinski definition) is 6. The lowest BCUT2D eigenvalue weighted by Gasteiger charge is -2.02. The smallest absolute Gasteiger partial charge is 0.226 e. The summed E-state index contributed by atoms with van der Waals surface area (Å²) in [6.45, 7) is 0.824. The standard InChI is InChI=1S/C15H20N4O2S/c1-16-8-4-7-13(20)17-15-19-18-14(22-15)10-11-5-3-6-12(9-11)21-2/h3,5-6,9,16H,4,7-8,10H2,1-2H3,(H,17,19,20). The molecule has 0 saturated heterocycles. The van der Waals surface area contributed by atoms with E-state index in [0.717, 1.165) is 29.3 Å². The fourth-order valence-electron chi connectivity index (χ4n) is 1.94. The fourth-order valence-corrected chi connectivity index (χ4v) is 2.73. The molecule has 0 atom stereocenters. The predicted octanol–water partition coefficient (Wildman–Crippen LogP) is 2.08. The molecule has 1 heterocycles. The minimum atomic E-state index is -0.0284. The molecule has 0 aliphatic rings. The zero-order valence-electron chi connectivity index (χ0n) is 12.8. The van der Waals surface area contributed by atoms with E-state index in [0.29, 0.717) is 18.0 Å². The first-order chi connectivity index (χ1) is 10.7. The number of aromatic nitrogens is 2. The second kappa shape index (κ2) is 8.45. The van der Waals surface area contributed by atoms with E-state index in [1.165, 1.54) is 11.3 Å². The molecule has 0 aliphatic carbocycles. The fraction of sp³-hybridized carbons (Fsp3) is 0.400. The summed E-state index contributed by atoms with van der Waals surface area (Å²) in [5, 5.41) is 15.3. The SMILES string of the molecule is CNCCCC(=O)Nc1nnc(Cc2cccc(OC)c2)s1. The summed E-state index contributed by atoms with van der Waals surface area (Å²) in [4.78, 5) is 11.7. The van der Waals surface area contributed by atoms with E-state index >= 15 is 0 Å². The molecule has 0 fully saturated rings. The molecule has 1 amide bonds. The third-order valence-corrected chi connectivity index (χ3v) is 3.87. The number of amides is 1. The Morgan fingerprint density at radius 2 is 2.23 bits per heavy atom. The van der Waals surface area contributed by atoms with Crippen LogP contribution in [-0.4, -0.2) is 36.8 Å². The number of methoxy groups -OCH3 is 1. The van der Waals surface area contributed by atoms with Crippen molar-refractivity contribution < 1.29 is 9.53 Å². The van der Waals surface area contributed by atoms with Crippen molar-refractivity contribution in [3.05, 3.63) is 34.8 Å². The molecule has 0 unspecified atom stereocenters. The van der Waals surface area contributed by atoms with Crippen LogP contribution in [-0.2, 0) is 11.2 Å². The van der Waals surface area contributed by atoms with Crippen LogP contribution in [0.5, 0.6) is 5.75 Å². The van der Waals surface area contributed by atoms with Gasteiger partial charge in [-0.3, -0.25) is 4.79 Å². The zero-order valence-corrected chi connectivity index (χ0v) is 13.6. The van der Waals surface area contributed by atoms with Crippen molar-refractivity contribution >= 4 is 22.4 Å². The summed E-state index contributed by atoms with van der Waals surface area (Å²) in [5.41, 5.74) is 1.10.